The van der Waals surface area contributed by atoms with Gasteiger partial charge in [-0.2, -0.15) is 0 Å². The number of carbonyl (C=O) groups is 3. The van der Waals surface area contributed by atoms with Crippen molar-refractivity contribution in [1.82, 2.24) is 5.32 Å². The van der Waals surface area contributed by atoms with Crippen LogP contribution in [0.3, 0.4) is 0 Å². The average Bonchev–Trinajstić information content (AvgIpc) is 3.47. The number of hydrogen-bond donors (Lipinski definition) is 3. The molecule has 6 aliphatic rings. The van der Waals surface area contributed by atoms with Crippen LogP contribution in [0.4, 0.5) is 4.79 Å². The zero-order chi connectivity index (χ0) is 30.5. The SMILES string of the molecule is CC(=O)O[C@@H](C1CCC2C(CC3C4CCC5C(C)(C)[C@@H](OC(=O)NCC(=O)O)CCC56C[C@@]46CCC23C)O1)C(C)(C)O. The zero-order valence-electron chi connectivity index (χ0n) is 26.2. The van der Waals surface area contributed by atoms with Gasteiger partial charge >= 0.3 is 18.0 Å². The van der Waals surface area contributed by atoms with Crippen molar-refractivity contribution in [1.29, 1.82) is 0 Å². The molecule has 5 saturated carbocycles. The van der Waals surface area contributed by atoms with E-state index in [9.17, 15) is 19.5 Å². The first-order valence-corrected chi connectivity index (χ1v) is 16.3. The highest BCUT2D eigenvalue weighted by molar-refractivity contribution is 5.76. The molecule has 0 radical (unpaired) electrons. The van der Waals surface area contributed by atoms with Gasteiger partial charge in [0.15, 0.2) is 6.10 Å². The van der Waals surface area contributed by atoms with Crippen LogP contribution in [0.15, 0.2) is 0 Å². The smallest absolute Gasteiger partial charge is 0.407 e. The number of alkyl carbamates (subject to hydrolysis) is 1. The van der Waals surface area contributed by atoms with Gasteiger partial charge in [0.25, 0.3) is 0 Å². The lowest BCUT2D eigenvalue weighted by Gasteiger charge is -2.59. The molecule has 5 aliphatic carbocycles. The van der Waals surface area contributed by atoms with E-state index in [1.54, 1.807) is 13.8 Å². The number of hydrogen-bond acceptors (Lipinski definition) is 7. The second-order valence-corrected chi connectivity index (χ2v) is 16.2. The predicted octanol–water partition coefficient (Wildman–Crippen LogP) is 5.07. The van der Waals surface area contributed by atoms with Crippen LogP contribution >= 0.6 is 0 Å². The molecule has 236 valence electrons. The predicted molar refractivity (Wildman–Crippen MR) is 153 cm³/mol. The molecule has 0 bridgehead atoms. The Morgan fingerprint density at radius 1 is 0.976 bits per heavy atom. The van der Waals surface area contributed by atoms with E-state index < -0.39 is 30.3 Å². The first-order valence-electron chi connectivity index (χ1n) is 16.3. The largest absolute Gasteiger partial charge is 0.480 e. The standard InChI is InChI=1S/C33H51NO8/c1-18(35)40-27(30(4,5)39)22-9-7-20-23(41-22)15-21-19-8-10-24-29(2,3)25(42-28(38)34-16-26(36)37)11-12-33(24)17-32(19,33)14-13-31(20,21)6/h19-25,27,39H,7-17H2,1-6H3,(H,34,38)(H,36,37)/t19?,20?,21?,22?,23?,24?,25-,27-,31?,32-,33?/m0/s1. The fourth-order valence-electron chi connectivity index (χ4n) is 11.9. The molecule has 11 atom stereocenters. The second-order valence-electron chi connectivity index (χ2n) is 16.2. The molecule has 3 N–H and O–H groups in total. The monoisotopic (exact) mass is 589 g/mol. The summed E-state index contributed by atoms with van der Waals surface area (Å²) < 4.78 is 18.2. The molecular weight excluding hydrogens is 538 g/mol. The fourth-order valence-corrected chi connectivity index (χ4v) is 11.9. The Morgan fingerprint density at radius 2 is 1.69 bits per heavy atom. The number of fused-ring (bicyclic) bond motifs is 4. The zero-order valence-corrected chi connectivity index (χ0v) is 26.2. The van der Waals surface area contributed by atoms with Crippen LogP contribution in [0.1, 0.15) is 106 Å². The molecule has 6 rings (SSSR count). The Kier molecular flexibility index (Phi) is 7.05. The van der Waals surface area contributed by atoms with Crippen molar-refractivity contribution in [2.45, 2.75) is 136 Å². The molecule has 1 saturated heterocycles. The van der Waals surface area contributed by atoms with Gasteiger partial charge in [-0.05, 0) is 118 Å². The molecule has 0 aromatic carbocycles. The minimum Gasteiger partial charge on any atom is -0.480 e. The molecule has 2 spiro atoms. The highest BCUT2D eigenvalue weighted by atomic mass is 16.6. The number of ether oxygens (including phenoxy) is 3. The second kappa shape index (κ2) is 9.82. The summed E-state index contributed by atoms with van der Waals surface area (Å²) in [6.45, 7) is 11.4. The van der Waals surface area contributed by atoms with Gasteiger partial charge in [0.2, 0.25) is 0 Å². The van der Waals surface area contributed by atoms with Crippen molar-refractivity contribution in [3.8, 4) is 0 Å². The van der Waals surface area contributed by atoms with E-state index in [4.69, 9.17) is 19.3 Å². The van der Waals surface area contributed by atoms with Crippen LogP contribution in [-0.4, -0.2) is 64.8 Å². The number of aliphatic hydroxyl groups is 1. The third-order valence-corrected chi connectivity index (χ3v) is 13.5. The lowest BCUT2D eigenvalue weighted by Crippen LogP contribution is -2.55. The van der Waals surface area contributed by atoms with Gasteiger partial charge in [0, 0.05) is 12.3 Å². The van der Waals surface area contributed by atoms with E-state index in [1.807, 2.05) is 0 Å². The number of amides is 1. The van der Waals surface area contributed by atoms with Crippen molar-refractivity contribution in [3.63, 3.8) is 0 Å². The highest BCUT2D eigenvalue weighted by Crippen LogP contribution is 2.87. The molecule has 8 unspecified atom stereocenters. The molecule has 9 heteroatoms. The van der Waals surface area contributed by atoms with Crippen LogP contribution in [-0.2, 0) is 23.8 Å². The normalized spacial score (nSPS) is 45.5. The van der Waals surface area contributed by atoms with Crippen LogP contribution in [0.5, 0.6) is 0 Å². The third-order valence-electron chi connectivity index (χ3n) is 13.5. The molecular formula is C33H51NO8. The third kappa shape index (κ3) is 4.41. The Labute approximate surface area is 249 Å². The lowest BCUT2D eigenvalue weighted by molar-refractivity contribution is -0.200. The number of carbonyl (C=O) groups excluding carboxylic acids is 2. The number of nitrogens with one attached hydrogen (secondary N) is 1. The molecule has 1 amide bonds. The van der Waals surface area contributed by atoms with Crippen molar-refractivity contribution in [3.05, 3.63) is 0 Å². The molecule has 1 heterocycles. The first-order chi connectivity index (χ1) is 19.5. The summed E-state index contributed by atoms with van der Waals surface area (Å²) in [6.07, 6.45) is 9.16. The van der Waals surface area contributed by atoms with Crippen LogP contribution in [0.2, 0.25) is 0 Å². The quantitative estimate of drug-likeness (QED) is 0.366. The molecule has 6 fully saturated rings. The van der Waals surface area contributed by atoms with Crippen LogP contribution < -0.4 is 5.32 Å². The maximum Gasteiger partial charge on any atom is 0.407 e. The highest BCUT2D eigenvalue weighted by Gasteiger charge is 2.81. The average molecular weight is 590 g/mol. The molecule has 0 aromatic heterocycles. The van der Waals surface area contributed by atoms with Crippen LogP contribution in [0.25, 0.3) is 0 Å². The van der Waals surface area contributed by atoms with E-state index in [-0.39, 0.29) is 35.1 Å². The lowest BCUT2D eigenvalue weighted by atomic mass is 9.46. The minimum atomic E-state index is -1.17. The summed E-state index contributed by atoms with van der Waals surface area (Å²) in [4.78, 5) is 35.2. The summed E-state index contributed by atoms with van der Waals surface area (Å²) in [5.41, 5.74) is -0.443. The topological polar surface area (TPSA) is 131 Å². The Bertz CT molecular complexity index is 1130. The maximum absolute atomic E-state index is 12.4. The van der Waals surface area contributed by atoms with Gasteiger partial charge < -0.3 is 29.7 Å². The van der Waals surface area contributed by atoms with Gasteiger partial charge in [-0.3, -0.25) is 9.59 Å². The van der Waals surface area contributed by atoms with E-state index >= 15 is 0 Å². The number of carboxylic acids is 1. The Hall–Kier alpha value is -1.87. The van der Waals surface area contributed by atoms with Gasteiger partial charge in [0.1, 0.15) is 12.6 Å². The summed E-state index contributed by atoms with van der Waals surface area (Å²) in [5.74, 6) is 0.789. The van der Waals surface area contributed by atoms with Gasteiger partial charge in [-0.15, -0.1) is 0 Å². The summed E-state index contributed by atoms with van der Waals surface area (Å²) in [5, 5.41) is 22.1. The van der Waals surface area contributed by atoms with Gasteiger partial charge in [-0.1, -0.05) is 20.8 Å². The van der Waals surface area contributed by atoms with Crippen molar-refractivity contribution in [2.24, 2.45) is 45.3 Å². The number of carboxylic acid groups (broad SMARTS) is 1. The van der Waals surface area contributed by atoms with E-state index in [0.717, 1.165) is 38.5 Å². The number of rotatable bonds is 6. The van der Waals surface area contributed by atoms with Gasteiger partial charge in [-0.25, -0.2) is 4.79 Å². The Morgan fingerprint density at radius 3 is 2.36 bits per heavy atom. The summed E-state index contributed by atoms with van der Waals surface area (Å²) in [7, 11) is 0. The number of aliphatic carboxylic acids is 1. The summed E-state index contributed by atoms with van der Waals surface area (Å²) >= 11 is 0. The summed E-state index contributed by atoms with van der Waals surface area (Å²) in [6, 6.07) is 0. The van der Waals surface area contributed by atoms with Crippen molar-refractivity contribution < 1.29 is 38.8 Å². The Balaban J connectivity index is 1.18. The molecule has 1 aliphatic heterocycles. The van der Waals surface area contributed by atoms with Crippen LogP contribution in [0, 0.1) is 45.3 Å². The fraction of sp³-hybridized carbons (Fsp3) is 0.909. The first kappa shape index (κ1) is 30.2. The van der Waals surface area contributed by atoms with Crippen molar-refractivity contribution in [2.75, 3.05) is 6.54 Å². The minimum absolute atomic E-state index is 0.131. The van der Waals surface area contributed by atoms with E-state index in [0.29, 0.717) is 34.5 Å². The van der Waals surface area contributed by atoms with E-state index in [1.165, 1.54) is 32.6 Å². The molecule has 42 heavy (non-hydrogen) atoms. The molecule has 0 aromatic rings. The van der Waals surface area contributed by atoms with E-state index in [2.05, 4.69) is 26.1 Å². The van der Waals surface area contributed by atoms with Gasteiger partial charge in [0.05, 0.1) is 17.8 Å². The number of esters is 1. The molecule has 9 nitrogen and oxygen atoms in total. The maximum atomic E-state index is 12.4. The van der Waals surface area contributed by atoms with Crippen molar-refractivity contribution >= 4 is 18.0 Å².